The first-order chi connectivity index (χ1) is 6.77. The molecule has 1 aromatic carbocycles. The van der Waals surface area contributed by atoms with Gasteiger partial charge in [0.1, 0.15) is 5.82 Å². The van der Waals surface area contributed by atoms with E-state index in [1.807, 2.05) is 30.3 Å². The Labute approximate surface area is 83.2 Å². The van der Waals surface area contributed by atoms with Gasteiger partial charge in [-0.05, 0) is 0 Å². The van der Waals surface area contributed by atoms with Crippen molar-refractivity contribution in [2.24, 2.45) is 0 Å². The van der Waals surface area contributed by atoms with Crippen LogP contribution in [0.3, 0.4) is 0 Å². The Hall–Kier alpha value is -1.64. The Morgan fingerprint density at radius 1 is 1.07 bits per heavy atom. The van der Waals surface area contributed by atoms with Crippen LogP contribution < -0.4 is 0 Å². The summed E-state index contributed by atoms with van der Waals surface area (Å²) in [6, 6.07) is 10.0. The molecule has 0 aliphatic heterocycles. The predicted octanol–water partition coefficient (Wildman–Crippen LogP) is 2.60. The van der Waals surface area contributed by atoms with Crippen molar-refractivity contribution in [1.29, 1.82) is 0 Å². The first-order valence-electron chi connectivity index (χ1n) is 4.75. The van der Waals surface area contributed by atoms with Crippen molar-refractivity contribution < 1.29 is 0 Å². The van der Waals surface area contributed by atoms with Crippen LogP contribution in [-0.2, 0) is 0 Å². The number of H-pyrrole nitrogens is 1. The standard InChI is InChI=1S/C11H13N3/c1-8(2)10-12-11(14-13-10)9-6-4-3-5-7-9/h3-8H,1-2H3,(H,12,13,14). The number of nitrogens with zero attached hydrogens (tertiary/aromatic N) is 2. The summed E-state index contributed by atoms with van der Waals surface area (Å²) in [6.07, 6.45) is 0. The highest BCUT2D eigenvalue weighted by atomic mass is 15.2. The van der Waals surface area contributed by atoms with Gasteiger partial charge in [0, 0.05) is 11.5 Å². The molecule has 0 aliphatic carbocycles. The van der Waals surface area contributed by atoms with E-state index in [0.29, 0.717) is 5.92 Å². The molecule has 0 unspecified atom stereocenters. The Morgan fingerprint density at radius 2 is 1.79 bits per heavy atom. The fourth-order valence-corrected chi connectivity index (χ4v) is 1.26. The average molecular weight is 187 g/mol. The maximum absolute atomic E-state index is 4.10. The molecule has 0 saturated heterocycles. The van der Waals surface area contributed by atoms with E-state index >= 15 is 0 Å². The second kappa shape index (κ2) is 3.62. The molecular weight excluding hydrogens is 174 g/mol. The van der Waals surface area contributed by atoms with Gasteiger partial charge in [0.15, 0.2) is 5.82 Å². The zero-order valence-corrected chi connectivity index (χ0v) is 8.36. The lowest BCUT2D eigenvalue weighted by Crippen LogP contribution is -1.89. The number of nitrogens with one attached hydrogen (secondary N) is 1. The predicted molar refractivity (Wildman–Crippen MR) is 55.9 cm³/mol. The lowest BCUT2D eigenvalue weighted by atomic mass is 10.2. The van der Waals surface area contributed by atoms with Gasteiger partial charge in [-0.15, -0.1) is 10.2 Å². The van der Waals surface area contributed by atoms with Crippen molar-refractivity contribution in [3.63, 3.8) is 0 Å². The first kappa shape index (κ1) is 8.94. The van der Waals surface area contributed by atoms with Crippen LogP contribution in [0.25, 0.3) is 11.4 Å². The summed E-state index contributed by atoms with van der Waals surface area (Å²) < 4.78 is 0. The van der Waals surface area contributed by atoms with Gasteiger partial charge in [0.2, 0.25) is 0 Å². The summed E-state index contributed by atoms with van der Waals surface area (Å²) in [6.45, 7) is 4.19. The van der Waals surface area contributed by atoms with Crippen LogP contribution in [0.1, 0.15) is 25.6 Å². The number of rotatable bonds is 2. The van der Waals surface area contributed by atoms with Crippen LogP contribution in [-0.4, -0.2) is 15.2 Å². The fraction of sp³-hybridized carbons (Fsp3) is 0.273. The van der Waals surface area contributed by atoms with Gasteiger partial charge in [-0.3, -0.25) is 0 Å². The third-order valence-electron chi connectivity index (χ3n) is 2.10. The second-order valence-electron chi connectivity index (χ2n) is 3.58. The molecule has 3 nitrogen and oxygen atoms in total. The molecule has 0 bridgehead atoms. The Morgan fingerprint density at radius 3 is 2.36 bits per heavy atom. The van der Waals surface area contributed by atoms with Gasteiger partial charge in [-0.2, -0.15) is 0 Å². The second-order valence-corrected chi connectivity index (χ2v) is 3.58. The number of hydrogen-bond donors (Lipinski definition) is 1. The van der Waals surface area contributed by atoms with E-state index < -0.39 is 0 Å². The molecule has 2 aromatic rings. The molecule has 0 saturated carbocycles. The number of aromatic amines is 1. The highest BCUT2D eigenvalue weighted by molar-refractivity contribution is 5.53. The molecule has 0 atom stereocenters. The molecule has 0 spiro atoms. The molecule has 3 heteroatoms. The molecule has 0 amide bonds. The molecule has 0 fully saturated rings. The lowest BCUT2D eigenvalue weighted by molar-refractivity contribution is 0.781. The minimum atomic E-state index is 0.389. The van der Waals surface area contributed by atoms with Gasteiger partial charge < -0.3 is 4.98 Å². The van der Waals surface area contributed by atoms with Crippen molar-refractivity contribution in [2.75, 3.05) is 0 Å². The van der Waals surface area contributed by atoms with Crippen molar-refractivity contribution in [3.8, 4) is 11.4 Å². The van der Waals surface area contributed by atoms with E-state index in [1.165, 1.54) is 0 Å². The van der Waals surface area contributed by atoms with E-state index in [1.54, 1.807) is 0 Å². The van der Waals surface area contributed by atoms with Crippen LogP contribution in [0.2, 0.25) is 0 Å². The molecule has 1 N–H and O–H groups in total. The van der Waals surface area contributed by atoms with E-state index in [9.17, 15) is 0 Å². The van der Waals surface area contributed by atoms with Gasteiger partial charge in [-0.1, -0.05) is 44.2 Å². The van der Waals surface area contributed by atoms with Crippen molar-refractivity contribution in [1.82, 2.24) is 15.2 Å². The van der Waals surface area contributed by atoms with Gasteiger partial charge in [0.05, 0.1) is 0 Å². The van der Waals surface area contributed by atoms with Crippen LogP contribution in [0.5, 0.6) is 0 Å². The Bertz CT molecular complexity index is 403. The van der Waals surface area contributed by atoms with Gasteiger partial charge in [-0.25, -0.2) is 0 Å². The molecular formula is C11H13N3. The van der Waals surface area contributed by atoms with Crippen molar-refractivity contribution in [3.05, 3.63) is 36.2 Å². The number of benzene rings is 1. The molecule has 1 heterocycles. The summed E-state index contributed by atoms with van der Waals surface area (Å²) in [5, 5.41) is 8.19. The largest absolute Gasteiger partial charge is 0.325 e. The molecule has 2 rings (SSSR count). The zero-order valence-electron chi connectivity index (χ0n) is 8.36. The maximum atomic E-state index is 4.10. The van der Waals surface area contributed by atoms with Crippen LogP contribution in [0.4, 0.5) is 0 Å². The SMILES string of the molecule is CC(C)c1nnc(-c2ccccc2)[nH]1. The third kappa shape index (κ3) is 1.66. The van der Waals surface area contributed by atoms with E-state index in [2.05, 4.69) is 29.0 Å². The Balaban J connectivity index is 2.34. The smallest absolute Gasteiger partial charge is 0.161 e. The van der Waals surface area contributed by atoms with Gasteiger partial charge in [0.25, 0.3) is 0 Å². The highest BCUT2D eigenvalue weighted by Crippen LogP contribution is 2.16. The monoisotopic (exact) mass is 187 g/mol. The fourth-order valence-electron chi connectivity index (χ4n) is 1.26. The zero-order chi connectivity index (χ0) is 9.97. The van der Waals surface area contributed by atoms with E-state index in [4.69, 9.17) is 0 Å². The van der Waals surface area contributed by atoms with Crippen LogP contribution in [0.15, 0.2) is 30.3 Å². The summed E-state index contributed by atoms with van der Waals surface area (Å²) in [5.41, 5.74) is 1.08. The van der Waals surface area contributed by atoms with E-state index in [0.717, 1.165) is 17.2 Å². The quantitative estimate of drug-likeness (QED) is 0.785. The summed E-state index contributed by atoms with van der Waals surface area (Å²) in [7, 11) is 0. The van der Waals surface area contributed by atoms with Crippen molar-refractivity contribution >= 4 is 0 Å². The Kier molecular flexibility index (Phi) is 2.31. The summed E-state index contributed by atoms with van der Waals surface area (Å²) in [4.78, 5) is 3.21. The first-order valence-corrected chi connectivity index (χ1v) is 4.75. The molecule has 14 heavy (non-hydrogen) atoms. The molecule has 1 aromatic heterocycles. The maximum Gasteiger partial charge on any atom is 0.161 e. The van der Waals surface area contributed by atoms with E-state index in [-0.39, 0.29) is 0 Å². The normalized spacial score (nSPS) is 10.8. The summed E-state index contributed by atoms with van der Waals surface area (Å²) in [5.74, 6) is 2.16. The minimum absolute atomic E-state index is 0.389. The van der Waals surface area contributed by atoms with Crippen LogP contribution in [0, 0.1) is 0 Å². The van der Waals surface area contributed by atoms with Gasteiger partial charge >= 0.3 is 0 Å². The molecule has 72 valence electrons. The topological polar surface area (TPSA) is 41.6 Å². The number of aromatic nitrogens is 3. The average Bonchev–Trinajstić information content (AvgIpc) is 2.68. The minimum Gasteiger partial charge on any atom is -0.325 e. The number of hydrogen-bond acceptors (Lipinski definition) is 2. The molecule has 0 radical (unpaired) electrons. The molecule has 0 aliphatic rings. The van der Waals surface area contributed by atoms with Crippen LogP contribution >= 0.6 is 0 Å². The third-order valence-corrected chi connectivity index (χ3v) is 2.10. The summed E-state index contributed by atoms with van der Waals surface area (Å²) >= 11 is 0. The lowest BCUT2D eigenvalue weighted by Gasteiger charge is -1.96. The highest BCUT2D eigenvalue weighted by Gasteiger charge is 2.06. The van der Waals surface area contributed by atoms with Crippen molar-refractivity contribution in [2.45, 2.75) is 19.8 Å².